The Morgan fingerprint density at radius 2 is 1.52 bits per heavy atom. The molecule has 0 saturated carbocycles. The maximum atomic E-state index is 12.4. The summed E-state index contributed by atoms with van der Waals surface area (Å²) in [6.45, 7) is 9.22. The highest BCUT2D eigenvalue weighted by Crippen LogP contribution is 2.32. The summed E-state index contributed by atoms with van der Waals surface area (Å²) in [5.74, 6) is -0.666. The Hall–Kier alpha value is -2.82. The normalized spacial score (nSPS) is 11.7. The van der Waals surface area contributed by atoms with E-state index in [0.717, 1.165) is 11.1 Å². The summed E-state index contributed by atoms with van der Waals surface area (Å²) < 4.78 is 11.4. The number of benzene rings is 2. The first-order valence-corrected chi connectivity index (χ1v) is 8.79. The lowest BCUT2D eigenvalue weighted by molar-refractivity contribution is -0.167. The van der Waals surface area contributed by atoms with E-state index < -0.39 is 17.0 Å². The molecule has 0 aromatic heterocycles. The van der Waals surface area contributed by atoms with Crippen LogP contribution in [0, 0.1) is 5.41 Å². The van der Waals surface area contributed by atoms with E-state index in [2.05, 4.69) is 0 Å². The molecule has 0 atom stereocenters. The molecule has 0 heterocycles. The SMILES string of the molecule is CC(C)(C)OC(=O)C(C)(C)COc1ccccc1-c1ccc(C(=O)O)cc1. The molecule has 0 aliphatic heterocycles. The molecule has 0 amide bonds. The monoisotopic (exact) mass is 370 g/mol. The predicted octanol–water partition coefficient (Wildman–Crippen LogP) is 4.80. The molecule has 2 aromatic rings. The average molecular weight is 370 g/mol. The number of esters is 1. The number of hydrogen-bond donors (Lipinski definition) is 1. The van der Waals surface area contributed by atoms with Crippen molar-refractivity contribution in [1.29, 1.82) is 0 Å². The van der Waals surface area contributed by atoms with Crippen molar-refractivity contribution >= 4 is 11.9 Å². The van der Waals surface area contributed by atoms with Crippen molar-refractivity contribution < 1.29 is 24.2 Å². The molecule has 0 radical (unpaired) electrons. The van der Waals surface area contributed by atoms with Gasteiger partial charge < -0.3 is 14.6 Å². The van der Waals surface area contributed by atoms with Crippen LogP contribution in [0.15, 0.2) is 48.5 Å². The molecule has 0 saturated heterocycles. The number of aromatic carboxylic acids is 1. The molecule has 0 aliphatic carbocycles. The summed E-state index contributed by atoms with van der Waals surface area (Å²) in [4.78, 5) is 23.4. The Kier molecular flexibility index (Phi) is 5.94. The first kappa shape index (κ1) is 20.5. The smallest absolute Gasteiger partial charge is 0.335 e. The van der Waals surface area contributed by atoms with Gasteiger partial charge in [-0.3, -0.25) is 4.79 Å². The van der Waals surface area contributed by atoms with Gasteiger partial charge >= 0.3 is 11.9 Å². The van der Waals surface area contributed by atoms with Crippen molar-refractivity contribution in [3.63, 3.8) is 0 Å². The summed E-state index contributed by atoms with van der Waals surface area (Å²) in [5.41, 5.74) is 0.523. The molecule has 144 valence electrons. The number of carbonyl (C=O) groups excluding carboxylic acids is 1. The van der Waals surface area contributed by atoms with Crippen LogP contribution in [0.1, 0.15) is 45.0 Å². The number of rotatable bonds is 6. The Balaban J connectivity index is 2.18. The van der Waals surface area contributed by atoms with Crippen molar-refractivity contribution in [2.24, 2.45) is 5.41 Å². The van der Waals surface area contributed by atoms with E-state index in [4.69, 9.17) is 14.6 Å². The second-order valence-electron chi connectivity index (χ2n) is 8.05. The summed E-state index contributed by atoms with van der Waals surface area (Å²) in [5, 5.41) is 9.04. The third-order valence-electron chi connectivity index (χ3n) is 3.87. The minimum atomic E-state index is -0.967. The van der Waals surface area contributed by atoms with Crippen molar-refractivity contribution in [2.75, 3.05) is 6.61 Å². The van der Waals surface area contributed by atoms with Crippen LogP contribution in [0.4, 0.5) is 0 Å². The summed E-state index contributed by atoms with van der Waals surface area (Å²) in [6, 6.07) is 14.0. The van der Waals surface area contributed by atoms with Crippen molar-refractivity contribution in [3.8, 4) is 16.9 Å². The minimum Gasteiger partial charge on any atom is -0.492 e. The first-order valence-electron chi connectivity index (χ1n) is 8.79. The van der Waals surface area contributed by atoms with Crippen LogP contribution in [0.5, 0.6) is 5.75 Å². The lowest BCUT2D eigenvalue weighted by Gasteiger charge is -2.28. The second kappa shape index (κ2) is 7.82. The molecule has 5 heteroatoms. The maximum Gasteiger partial charge on any atom is 0.335 e. The Morgan fingerprint density at radius 1 is 0.926 bits per heavy atom. The van der Waals surface area contributed by atoms with Gasteiger partial charge in [0.25, 0.3) is 0 Å². The molecule has 0 bridgehead atoms. The van der Waals surface area contributed by atoms with Gasteiger partial charge in [-0.05, 0) is 58.4 Å². The summed E-state index contributed by atoms with van der Waals surface area (Å²) >= 11 is 0. The van der Waals surface area contributed by atoms with E-state index in [0.29, 0.717) is 5.75 Å². The van der Waals surface area contributed by atoms with Gasteiger partial charge in [0.2, 0.25) is 0 Å². The topological polar surface area (TPSA) is 72.8 Å². The zero-order valence-electron chi connectivity index (χ0n) is 16.4. The second-order valence-corrected chi connectivity index (χ2v) is 8.05. The van der Waals surface area contributed by atoms with Gasteiger partial charge in [-0.15, -0.1) is 0 Å². The van der Waals surface area contributed by atoms with Crippen molar-refractivity contribution in [3.05, 3.63) is 54.1 Å². The Bertz CT molecular complexity index is 813. The molecule has 0 aliphatic rings. The number of para-hydroxylation sites is 1. The lowest BCUT2D eigenvalue weighted by atomic mass is 9.94. The van der Waals surface area contributed by atoms with Gasteiger partial charge in [0.05, 0.1) is 11.0 Å². The quantitative estimate of drug-likeness (QED) is 0.740. The van der Waals surface area contributed by atoms with E-state index in [9.17, 15) is 9.59 Å². The van der Waals surface area contributed by atoms with Crippen LogP contribution < -0.4 is 4.74 Å². The third kappa shape index (κ3) is 5.58. The molecule has 27 heavy (non-hydrogen) atoms. The zero-order chi connectivity index (χ0) is 20.2. The van der Waals surface area contributed by atoms with Gasteiger partial charge in [-0.1, -0.05) is 30.3 Å². The third-order valence-corrected chi connectivity index (χ3v) is 3.87. The fraction of sp³-hybridized carbons (Fsp3) is 0.364. The van der Waals surface area contributed by atoms with Crippen LogP contribution in [0.2, 0.25) is 0 Å². The van der Waals surface area contributed by atoms with Crippen LogP contribution in [0.25, 0.3) is 11.1 Å². The number of ether oxygens (including phenoxy) is 2. The number of carboxylic acid groups (broad SMARTS) is 1. The van der Waals surface area contributed by atoms with E-state index in [-0.39, 0.29) is 18.1 Å². The van der Waals surface area contributed by atoms with Crippen LogP contribution >= 0.6 is 0 Å². The molecule has 0 fully saturated rings. The molecular weight excluding hydrogens is 344 g/mol. The van der Waals surface area contributed by atoms with Crippen molar-refractivity contribution in [1.82, 2.24) is 0 Å². The zero-order valence-corrected chi connectivity index (χ0v) is 16.4. The Morgan fingerprint density at radius 3 is 2.07 bits per heavy atom. The van der Waals surface area contributed by atoms with Crippen LogP contribution in [0.3, 0.4) is 0 Å². The molecular formula is C22H26O5. The molecule has 0 spiro atoms. The van der Waals surface area contributed by atoms with Gasteiger partial charge in [-0.2, -0.15) is 0 Å². The van der Waals surface area contributed by atoms with Gasteiger partial charge in [0.1, 0.15) is 18.0 Å². The van der Waals surface area contributed by atoms with E-state index in [1.165, 1.54) is 0 Å². The lowest BCUT2D eigenvalue weighted by Crippen LogP contribution is -2.37. The fourth-order valence-electron chi connectivity index (χ4n) is 2.36. The highest BCUT2D eigenvalue weighted by atomic mass is 16.6. The average Bonchev–Trinajstić information content (AvgIpc) is 2.59. The standard InChI is InChI=1S/C22H26O5/c1-21(2,3)27-20(25)22(4,5)14-26-18-9-7-6-8-17(18)15-10-12-16(13-11-15)19(23)24/h6-13H,14H2,1-5H3,(H,23,24). The van der Waals surface area contributed by atoms with Crippen molar-refractivity contribution in [2.45, 2.75) is 40.2 Å². The number of carbonyl (C=O) groups is 2. The molecule has 2 rings (SSSR count). The van der Waals surface area contributed by atoms with E-state index in [1.807, 2.05) is 45.0 Å². The van der Waals surface area contributed by atoms with Crippen LogP contribution in [-0.2, 0) is 9.53 Å². The summed E-state index contributed by atoms with van der Waals surface area (Å²) in [6.07, 6.45) is 0. The maximum absolute atomic E-state index is 12.4. The Labute approximate surface area is 159 Å². The minimum absolute atomic E-state index is 0.159. The number of carboxylic acids is 1. The molecule has 5 nitrogen and oxygen atoms in total. The molecule has 1 N–H and O–H groups in total. The predicted molar refractivity (Wildman–Crippen MR) is 104 cm³/mol. The highest BCUT2D eigenvalue weighted by molar-refractivity contribution is 5.88. The van der Waals surface area contributed by atoms with Gasteiger partial charge in [0, 0.05) is 5.56 Å². The van der Waals surface area contributed by atoms with Gasteiger partial charge in [-0.25, -0.2) is 4.79 Å². The van der Waals surface area contributed by atoms with E-state index >= 15 is 0 Å². The number of hydrogen-bond acceptors (Lipinski definition) is 4. The summed E-state index contributed by atoms with van der Waals surface area (Å²) in [7, 11) is 0. The largest absolute Gasteiger partial charge is 0.492 e. The van der Waals surface area contributed by atoms with Crippen LogP contribution in [-0.4, -0.2) is 29.3 Å². The first-order chi connectivity index (χ1) is 12.5. The molecule has 2 aromatic carbocycles. The highest BCUT2D eigenvalue weighted by Gasteiger charge is 2.33. The fourth-order valence-corrected chi connectivity index (χ4v) is 2.36. The van der Waals surface area contributed by atoms with Gasteiger partial charge in [0.15, 0.2) is 0 Å². The molecule has 0 unspecified atom stereocenters. The van der Waals surface area contributed by atoms with E-state index in [1.54, 1.807) is 38.1 Å².